The summed E-state index contributed by atoms with van der Waals surface area (Å²) in [5.41, 5.74) is 1.19. The van der Waals surface area contributed by atoms with Crippen LogP contribution in [0.2, 0.25) is 0 Å². The third-order valence-electron chi connectivity index (χ3n) is 6.67. The Morgan fingerprint density at radius 1 is 1.10 bits per heavy atom. The number of carbonyl (C=O) groups is 1. The summed E-state index contributed by atoms with van der Waals surface area (Å²) in [4.78, 5) is 11.3. The predicted molar refractivity (Wildman–Crippen MR) is 101 cm³/mol. The molecule has 0 bridgehead atoms. The van der Waals surface area contributed by atoms with Crippen LogP contribution < -0.4 is 5.11 Å². The number of aliphatic hydroxyl groups is 5. The molecule has 1 aliphatic heterocycles. The number of aliphatic carboxylic acids is 1. The van der Waals surface area contributed by atoms with Gasteiger partial charge in [0, 0.05) is 5.92 Å². The normalized spacial score (nSPS) is 44.4. The van der Waals surface area contributed by atoms with Crippen LogP contribution in [0.3, 0.4) is 0 Å². The number of hydrogen-bond donors (Lipinski definition) is 5. The van der Waals surface area contributed by atoms with E-state index in [-0.39, 0.29) is 30.3 Å². The predicted octanol–water partition coefficient (Wildman–Crippen LogP) is -2.00. The first-order chi connectivity index (χ1) is 14.1. The van der Waals surface area contributed by atoms with Crippen molar-refractivity contribution in [1.82, 2.24) is 0 Å². The highest BCUT2D eigenvalue weighted by molar-refractivity contribution is 5.84. The summed E-state index contributed by atoms with van der Waals surface area (Å²) in [7, 11) is 0. The molecule has 3 rings (SSSR count). The van der Waals surface area contributed by atoms with Crippen LogP contribution in [0.25, 0.3) is 0 Å². The van der Waals surface area contributed by atoms with Crippen LogP contribution in [0.15, 0.2) is 36.5 Å². The van der Waals surface area contributed by atoms with Crippen LogP contribution in [0.1, 0.15) is 19.3 Å². The molecule has 2 aliphatic carbocycles. The fourth-order valence-corrected chi connectivity index (χ4v) is 4.81. The molecule has 0 unspecified atom stereocenters. The van der Waals surface area contributed by atoms with Crippen molar-refractivity contribution in [1.29, 1.82) is 0 Å². The van der Waals surface area contributed by atoms with Gasteiger partial charge in [0.15, 0.2) is 6.29 Å². The lowest BCUT2D eigenvalue weighted by Gasteiger charge is -2.40. The van der Waals surface area contributed by atoms with E-state index in [4.69, 9.17) is 9.47 Å². The van der Waals surface area contributed by atoms with Gasteiger partial charge in [0.2, 0.25) is 0 Å². The maximum absolute atomic E-state index is 11.3. The molecule has 3 aliphatic rings. The largest absolute Gasteiger partial charge is 0.545 e. The highest BCUT2D eigenvalue weighted by Crippen LogP contribution is 2.50. The fourth-order valence-electron chi connectivity index (χ4n) is 4.81. The summed E-state index contributed by atoms with van der Waals surface area (Å²) in [5, 5.41) is 61.2. The van der Waals surface area contributed by atoms with Crippen LogP contribution in [0.4, 0.5) is 0 Å². The van der Waals surface area contributed by atoms with Crippen molar-refractivity contribution in [3.05, 3.63) is 36.5 Å². The Balaban J connectivity index is 1.76. The number of fused-ring (bicyclic) bond motifs is 1. The van der Waals surface area contributed by atoms with Crippen molar-refractivity contribution < 1.29 is 44.9 Å². The number of aliphatic hydroxyl groups excluding tert-OH is 5. The van der Waals surface area contributed by atoms with Crippen LogP contribution in [0.5, 0.6) is 0 Å². The Hall–Kier alpha value is -1.59. The van der Waals surface area contributed by atoms with Gasteiger partial charge in [-0.1, -0.05) is 25.3 Å². The Labute approximate surface area is 174 Å². The molecule has 30 heavy (non-hydrogen) atoms. The minimum Gasteiger partial charge on any atom is -0.545 e. The molecule has 168 valence electrons. The van der Waals surface area contributed by atoms with Gasteiger partial charge >= 0.3 is 0 Å². The number of carbonyl (C=O) groups excluding carboxylic acids is 1. The van der Waals surface area contributed by atoms with E-state index in [9.17, 15) is 35.4 Å². The molecule has 5 N–H and O–H groups in total. The van der Waals surface area contributed by atoms with E-state index in [1.807, 2.05) is 0 Å². The third kappa shape index (κ3) is 4.11. The SMILES string of the molecule is C=C(C(=O)[O-])[C@H]1C[C@H]2C(=C)[C@@H](O[C@@H]3O[C@H](CO)[C@@H](O)[C@H](O)[C@H]3O)C[C@H]2C(=C)C[C@@H]1O. The molecule has 0 amide bonds. The van der Waals surface area contributed by atoms with Gasteiger partial charge in [-0.2, -0.15) is 0 Å². The van der Waals surface area contributed by atoms with Crippen molar-refractivity contribution >= 4 is 5.97 Å². The lowest BCUT2D eigenvalue weighted by atomic mass is 9.82. The molecule has 0 aromatic carbocycles. The van der Waals surface area contributed by atoms with E-state index in [1.54, 1.807) is 0 Å². The van der Waals surface area contributed by atoms with E-state index >= 15 is 0 Å². The average molecular weight is 425 g/mol. The Morgan fingerprint density at radius 2 is 1.77 bits per heavy atom. The molecule has 10 atom stereocenters. The van der Waals surface area contributed by atoms with Crippen LogP contribution in [-0.4, -0.2) is 81.0 Å². The van der Waals surface area contributed by atoms with Crippen molar-refractivity contribution in [2.45, 2.75) is 62.2 Å². The number of ether oxygens (including phenoxy) is 2. The summed E-state index contributed by atoms with van der Waals surface area (Å²) >= 11 is 0. The van der Waals surface area contributed by atoms with Gasteiger partial charge in [-0.15, -0.1) is 0 Å². The standard InChI is InChI=1S/C21H30O9/c1-8-4-14(23)13(10(3)20(27)28)5-12-9(2)15(6-11(8)12)29-21-19(26)18(25)17(24)16(7-22)30-21/h11-19,21-26H,1-7H2,(H,27,28)/p-1/t11-,12-,13+,14-,15-,16+,17+,18-,19+,21+/m0/s1. The Morgan fingerprint density at radius 3 is 2.37 bits per heavy atom. The van der Waals surface area contributed by atoms with Gasteiger partial charge in [0.1, 0.15) is 24.4 Å². The molecule has 9 heteroatoms. The quantitative estimate of drug-likeness (QED) is 0.248. The number of hydrogen-bond acceptors (Lipinski definition) is 9. The first-order valence-corrected chi connectivity index (χ1v) is 9.97. The third-order valence-corrected chi connectivity index (χ3v) is 6.67. The van der Waals surface area contributed by atoms with E-state index in [0.717, 1.165) is 5.57 Å². The fraction of sp³-hybridized carbons (Fsp3) is 0.667. The molecule has 0 radical (unpaired) electrons. The average Bonchev–Trinajstić information content (AvgIpc) is 2.94. The van der Waals surface area contributed by atoms with Gasteiger partial charge in [0.05, 0.1) is 24.8 Å². The summed E-state index contributed by atoms with van der Waals surface area (Å²) in [6.07, 6.45) is -7.57. The number of carboxylic acids is 1. The highest BCUT2D eigenvalue weighted by atomic mass is 16.7. The molecule has 0 aromatic rings. The molecule has 0 spiro atoms. The van der Waals surface area contributed by atoms with Crippen LogP contribution in [0, 0.1) is 17.8 Å². The maximum Gasteiger partial charge on any atom is 0.187 e. The van der Waals surface area contributed by atoms with E-state index in [0.29, 0.717) is 12.0 Å². The van der Waals surface area contributed by atoms with Gasteiger partial charge < -0.3 is 44.9 Å². The number of rotatable bonds is 5. The molecule has 1 heterocycles. The lowest BCUT2D eigenvalue weighted by molar-refractivity contribution is -0.308. The van der Waals surface area contributed by atoms with Gasteiger partial charge in [0.25, 0.3) is 0 Å². The molecule has 0 aromatic heterocycles. The second-order valence-electron chi connectivity index (χ2n) is 8.43. The molecular weight excluding hydrogens is 396 g/mol. The number of carboxylic acid groups (broad SMARTS) is 1. The maximum atomic E-state index is 11.3. The van der Waals surface area contributed by atoms with Gasteiger partial charge in [-0.25, -0.2) is 0 Å². The van der Waals surface area contributed by atoms with E-state index in [2.05, 4.69) is 19.7 Å². The summed E-state index contributed by atoms with van der Waals surface area (Å²) < 4.78 is 11.3. The first kappa shape index (κ1) is 23.1. The smallest absolute Gasteiger partial charge is 0.187 e. The van der Waals surface area contributed by atoms with Crippen molar-refractivity contribution in [2.75, 3.05) is 6.61 Å². The van der Waals surface area contributed by atoms with Gasteiger partial charge in [-0.05, 0) is 42.2 Å². The van der Waals surface area contributed by atoms with Crippen LogP contribution in [-0.2, 0) is 14.3 Å². The summed E-state index contributed by atoms with van der Waals surface area (Å²) in [5.74, 6) is -2.49. The minimum atomic E-state index is -1.55. The summed E-state index contributed by atoms with van der Waals surface area (Å²) in [6.45, 7) is 11.1. The second kappa shape index (κ2) is 8.88. The van der Waals surface area contributed by atoms with Gasteiger partial charge in [-0.3, -0.25) is 0 Å². The second-order valence-corrected chi connectivity index (χ2v) is 8.43. The van der Waals surface area contributed by atoms with E-state index < -0.39 is 61.4 Å². The lowest BCUT2D eigenvalue weighted by Crippen LogP contribution is -2.59. The van der Waals surface area contributed by atoms with Crippen molar-refractivity contribution in [3.8, 4) is 0 Å². The molecule has 1 saturated heterocycles. The Bertz CT molecular complexity index is 717. The molecular formula is C21H29O9-. The zero-order chi connectivity index (χ0) is 22.3. The highest BCUT2D eigenvalue weighted by Gasteiger charge is 2.49. The monoisotopic (exact) mass is 425 g/mol. The summed E-state index contributed by atoms with van der Waals surface area (Å²) in [6, 6.07) is 0. The first-order valence-electron chi connectivity index (χ1n) is 9.97. The van der Waals surface area contributed by atoms with Crippen LogP contribution >= 0.6 is 0 Å². The Kier molecular flexibility index (Phi) is 6.83. The topological polar surface area (TPSA) is 160 Å². The molecule has 9 nitrogen and oxygen atoms in total. The van der Waals surface area contributed by atoms with Crippen molar-refractivity contribution in [3.63, 3.8) is 0 Å². The van der Waals surface area contributed by atoms with Crippen molar-refractivity contribution in [2.24, 2.45) is 17.8 Å². The zero-order valence-corrected chi connectivity index (χ0v) is 16.6. The zero-order valence-electron chi connectivity index (χ0n) is 16.6. The molecule has 2 saturated carbocycles. The minimum absolute atomic E-state index is 0.124. The molecule has 3 fully saturated rings. The van der Waals surface area contributed by atoms with E-state index in [1.165, 1.54) is 0 Å².